The Morgan fingerprint density at radius 3 is 2.41 bits per heavy atom. The van der Waals surface area contributed by atoms with Crippen LogP contribution in [-0.4, -0.2) is 32.9 Å². The molecule has 1 amide bonds. The summed E-state index contributed by atoms with van der Waals surface area (Å²) in [6.45, 7) is 6.70. The van der Waals surface area contributed by atoms with Gasteiger partial charge in [0.15, 0.2) is 6.61 Å². The van der Waals surface area contributed by atoms with Crippen molar-refractivity contribution in [1.82, 2.24) is 4.72 Å². The van der Waals surface area contributed by atoms with Crippen LogP contribution < -0.4 is 10.0 Å². The lowest BCUT2D eigenvalue weighted by atomic mass is 10.1. The van der Waals surface area contributed by atoms with E-state index < -0.39 is 28.5 Å². The van der Waals surface area contributed by atoms with Gasteiger partial charge in [0.05, 0.1) is 10.5 Å². The van der Waals surface area contributed by atoms with Crippen LogP contribution in [0.25, 0.3) is 0 Å². The largest absolute Gasteiger partial charge is 0.452 e. The monoisotopic (exact) mass is 482 g/mol. The van der Waals surface area contributed by atoms with E-state index in [0.717, 1.165) is 11.1 Å². The van der Waals surface area contributed by atoms with Crippen LogP contribution in [0.4, 0.5) is 5.69 Å². The van der Waals surface area contributed by atoms with E-state index in [2.05, 4.69) is 26.0 Å². The summed E-state index contributed by atoms with van der Waals surface area (Å²) < 4.78 is 32.5. The van der Waals surface area contributed by atoms with Crippen LogP contribution in [0.3, 0.4) is 0 Å². The van der Waals surface area contributed by atoms with E-state index in [4.69, 9.17) is 4.74 Å². The predicted octanol–water partition coefficient (Wildman–Crippen LogP) is 3.55. The molecule has 0 bridgehead atoms. The van der Waals surface area contributed by atoms with Crippen molar-refractivity contribution in [3.8, 4) is 0 Å². The average Bonchev–Trinajstić information content (AvgIpc) is 2.61. The number of carbonyl (C=O) groups is 2. The molecule has 156 valence electrons. The number of halogens is 1. The first-order valence-electron chi connectivity index (χ1n) is 8.85. The van der Waals surface area contributed by atoms with E-state index >= 15 is 0 Å². The molecule has 0 atom stereocenters. The summed E-state index contributed by atoms with van der Waals surface area (Å²) in [4.78, 5) is 24.4. The van der Waals surface area contributed by atoms with Crippen molar-refractivity contribution in [1.29, 1.82) is 0 Å². The molecule has 2 aromatic carbocycles. The number of anilines is 1. The predicted molar refractivity (Wildman–Crippen MR) is 114 cm³/mol. The van der Waals surface area contributed by atoms with Crippen molar-refractivity contribution in [2.75, 3.05) is 11.9 Å². The first kappa shape index (κ1) is 23.1. The number of amides is 1. The molecule has 0 fully saturated rings. The van der Waals surface area contributed by atoms with Gasteiger partial charge in [-0.1, -0.05) is 17.7 Å². The number of carbonyl (C=O) groups excluding carboxylic acids is 2. The number of hydrogen-bond donors (Lipinski definition) is 2. The zero-order valence-corrected chi connectivity index (χ0v) is 19.0. The molecule has 0 saturated carbocycles. The Kier molecular flexibility index (Phi) is 7.56. The van der Waals surface area contributed by atoms with Gasteiger partial charge in [0.2, 0.25) is 10.0 Å². The summed E-state index contributed by atoms with van der Waals surface area (Å²) in [5.41, 5.74) is 2.60. The highest BCUT2D eigenvalue weighted by Crippen LogP contribution is 2.22. The third-order valence-electron chi connectivity index (χ3n) is 3.85. The zero-order valence-electron chi connectivity index (χ0n) is 16.6. The lowest BCUT2D eigenvalue weighted by Gasteiger charge is -2.12. The second kappa shape index (κ2) is 9.51. The smallest absolute Gasteiger partial charge is 0.339 e. The first-order valence-corrected chi connectivity index (χ1v) is 11.1. The zero-order chi connectivity index (χ0) is 21.8. The maximum absolute atomic E-state index is 12.4. The van der Waals surface area contributed by atoms with Gasteiger partial charge in [-0.15, -0.1) is 0 Å². The van der Waals surface area contributed by atoms with E-state index in [1.54, 1.807) is 19.9 Å². The van der Waals surface area contributed by atoms with Crippen LogP contribution in [0, 0.1) is 13.8 Å². The summed E-state index contributed by atoms with van der Waals surface area (Å²) in [5.74, 6) is -1.30. The van der Waals surface area contributed by atoms with E-state index in [1.807, 2.05) is 26.0 Å². The molecule has 0 spiro atoms. The van der Waals surface area contributed by atoms with Crippen molar-refractivity contribution in [2.45, 2.75) is 38.6 Å². The molecule has 0 aromatic heterocycles. The number of nitrogens with one attached hydrogen (secondary N) is 2. The highest BCUT2D eigenvalue weighted by atomic mass is 79.9. The number of benzene rings is 2. The van der Waals surface area contributed by atoms with Crippen LogP contribution in [-0.2, 0) is 19.6 Å². The lowest BCUT2D eigenvalue weighted by Crippen LogP contribution is -2.30. The fourth-order valence-corrected chi connectivity index (χ4v) is 4.24. The quantitative estimate of drug-likeness (QED) is 0.587. The Morgan fingerprint density at radius 2 is 1.79 bits per heavy atom. The Labute approximate surface area is 179 Å². The fraction of sp³-hybridized carbons (Fsp3) is 0.300. The molecule has 0 aliphatic rings. The molecule has 2 aromatic rings. The molecule has 0 unspecified atom stereocenters. The van der Waals surface area contributed by atoms with Crippen molar-refractivity contribution < 1.29 is 22.7 Å². The number of hydrogen-bond acceptors (Lipinski definition) is 5. The molecule has 9 heteroatoms. The molecular weight excluding hydrogens is 460 g/mol. The Hall–Kier alpha value is -2.23. The molecular formula is C20H23BrN2O5S. The van der Waals surface area contributed by atoms with Crippen molar-refractivity contribution >= 4 is 43.5 Å². The number of ether oxygens (including phenoxy) is 1. The summed E-state index contributed by atoms with van der Waals surface area (Å²) in [7, 11) is -3.77. The normalized spacial score (nSPS) is 11.4. The van der Waals surface area contributed by atoms with Crippen LogP contribution in [0.1, 0.15) is 35.3 Å². The topological polar surface area (TPSA) is 102 Å². The van der Waals surface area contributed by atoms with Gasteiger partial charge in [0.25, 0.3) is 5.91 Å². The minimum Gasteiger partial charge on any atom is -0.452 e. The molecule has 0 radical (unpaired) electrons. The number of sulfonamides is 1. The van der Waals surface area contributed by atoms with Crippen molar-refractivity contribution in [2.24, 2.45) is 0 Å². The number of rotatable bonds is 7. The summed E-state index contributed by atoms with van der Waals surface area (Å²) >= 11 is 3.21. The van der Waals surface area contributed by atoms with Gasteiger partial charge < -0.3 is 10.1 Å². The molecule has 0 heterocycles. The second-order valence-electron chi connectivity index (χ2n) is 6.86. The molecule has 2 rings (SSSR count). The van der Waals surface area contributed by atoms with Gasteiger partial charge in [-0.2, -0.15) is 0 Å². The fourth-order valence-electron chi connectivity index (χ4n) is 2.56. The van der Waals surface area contributed by atoms with Gasteiger partial charge in [0, 0.05) is 16.2 Å². The van der Waals surface area contributed by atoms with Crippen LogP contribution in [0.5, 0.6) is 0 Å². The number of esters is 1. The highest BCUT2D eigenvalue weighted by molar-refractivity contribution is 9.10. The number of aryl methyl sites for hydroxylation is 2. The molecule has 7 nitrogen and oxygen atoms in total. The summed E-state index contributed by atoms with van der Waals surface area (Å²) in [6, 6.07) is 9.29. The van der Waals surface area contributed by atoms with Crippen LogP contribution >= 0.6 is 15.9 Å². The maximum Gasteiger partial charge on any atom is 0.339 e. The second-order valence-corrected chi connectivity index (χ2v) is 9.43. The molecule has 0 saturated heterocycles. The SMILES string of the molecule is Cc1ccc(NC(=O)COC(=O)c2cc(S(=O)(=O)NC(C)C)ccc2Br)c(C)c1. The van der Waals surface area contributed by atoms with Gasteiger partial charge >= 0.3 is 5.97 Å². The van der Waals surface area contributed by atoms with E-state index in [-0.39, 0.29) is 16.5 Å². The Morgan fingerprint density at radius 1 is 1.10 bits per heavy atom. The van der Waals surface area contributed by atoms with Crippen LogP contribution in [0.15, 0.2) is 45.8 Å². The van der Waals surface area contributed by atoms with Gasteiger partial charge in [-0.05, 0) is 73.5 Å². The van der Waals surface area contributed by atoms with Crippen LogP contribution in [0.2, 0.25) is 0 Å². The van der Waals surface area contributed by atoms with Gasteiger partial charge in [-0.25, -0.2) is 17.9 Å². The van der Waals surface area contributed by atoms with Gasteiger partial charge in [-0.3, -0.25) is 4.79 Å². The Bertz CT molecular complexity index is 1040. The minimum absolute atomic E-state index is 0.0101. The molecule has 2 N–H and O–H groups in total. The third kappa shape index (κ3) is 6.38. The third-order valence-corrected chi connectivity index (χ3v) is 6.20. The van der Waals surface area contributed by atoms with E-state index in [9.17, 15) is 18.0 Å². The summed E-state index contributed by atoms with van der Waals surface area (Å²) in [6.07, 6.45) is 0. The maximum atomic E-state index is 12.4. The molecule has 0 aliphatic heterocycles. The molecule has 29 heavy (non-hydrogen) atoms. The first-order chi connectivity index (χ1) is 13.5. The van der Waals surface area contributed by atoms with E-state index in [1.165, 1.54) is 18.2 Å². The minimum atomic E-state index is -3.77. The van der Waals surface area contributed by atoms with Crippen molar-refractivity contribution in [3.63, 3.8) is 0 Å². The average molecular weight is 483 g/mol. The lowest BCUT2D eigenvalue weighted by molar-refractivity contribution is -0.119. The van der Waals surface area contributed by atoms with E-state index in [0.29, 0.717) is 10.2 Å². The van der Waals surface area contributed by atoms with Crippen molar-refractivity contribution in [3.05, 3.63) is 57.6 Å². The summed E-state index contributed by atoms with van der Waals surface area (Å²) in [5, 5.41) is 2.68. The standard InChI is InChI=1S/C20H23BrN2O5S/c1-12(2)23-29(26,27)15-6-7-17(21)16(10-15)20(25)28-11-19(24)22-18-8-5-13(3)9-14(18)4/h5-10,12,23H,11H2,1-4H3,(H,22,24). The highest BCUT2D eigenvalue weighted by Gasteiger charge is 2.20. The van der Waals surface area contributed by atoms with Gasteiger partial charge in [0.1, 0.15) is 0 Å². The molecule has 0 aliphatic carbocycles. The Balaban J connectivity index is 2.08.